The summed E-state index contributed by atoms with van der Waals surface area (Å²) in [5, 5.41) is 9.38. The van der Waals surface area contributed by atoms with Gasteiger partial charge in [-0.3, -0.25) is 4.79 Å². The van der Waals surface area contributed by atoms with Gasteiger partial charge in [0, 0.05) is 0 Å². The summed E-state index contributed by atoms with van der Waals surface area (Å²) < 4.78 is 15.3. The second-order valence-electron chi connectivity index (χ2n) is 3.83. The Morgan fingerprint density at radius 2 is 2.05 bits per heavy atom. The van der Waals surface area contributed by atoms with Crippen LogP contribution in [-0.2, 0) is 6.61 Å². The third-order valence-corrected chi connectivity index (χ3v) is 2.81. The minimum atomic E-state index is -0.284. The van der Waals surface area contributed by atoms with E-state index in [0.717, 1.165) is 0 Å². The molecule has 0 unspecified atom stereocenters. The molecule has 0 saturated heterocycles. The van der Waals surface area contributed by atoms with Crippen molar-refractivity contribution in [3.05, 3.63) is 47.4 Å². The second kappa shape index (κ2) is 5.58. The molecule has 1 N–H and O–H groups in total. The first kappa shape index (κ1) is 13.2. The topological polar surface area (TPSA) is 68.9 Å². The zero-order chi connectivity index (χ0) is 13.8. The molecule has 5 nitrogen and oxygen atoms in total. The van der Waals surface area contributed by atoms with E-state index in [1.54, 1.807) is 18.2 Å². The third kappa shape index (κ3) is 2.32. The molecule has 0 aliphatic rings. The van der Waals surface area contributed by atoms with Crippen LogP contribution in [0.5, 0.6) is 11.5 Å². The maximum Gasteiger partial charge on any atom is 0.200 e. The van der Waals surface area contributed by atoms with Crippen molar-refractivity contribution in [2.45, 2.75) is 6.61 Å². The lowest BCUT2D eigenvalue weighted by Crippen LogP contribution is -2.08. The minimum absolute atomic E-state index is 0.265. The molecule has 0 atom stereocenters. The van der Waals surface area contributed by atoms with E-state index in [0.29, 0.717) is 22.6 Å². The van der Waals surface area contributed by atoms with Crippen molar-refractivity contribution < 1.29 is 23.8 Å². The van der Waals surface area contributed by atoms with Crippen molar-refractivity contribution in [3.8, 4) is 11.5 Å². The van der Waals surface area contributed by atoms with Crippen LogP contribution in [0.2, 0.25) is 0 Å². The van der Waals surface area contributed by atoms with Crippen molar-refractivity contribution in [2.75, 3.05) is 14.2 Å². The lowest BCUT2D eigenvalue weighted by Gasteiger charge is -2.14. The average Bonchev–Trinajstić information content (AvgIpc) is 2.98. The van der Waals surface area contributed by atoms with Crippen LogP contribution in [0.3, 0.4) is 0 Å². The van der Waals surface area contributed by atoms with Crippen LogP contribution in [0.4, 0.5) is 0 Å². The normalized spacial score (nSPS) is 10.3. The van der Waals surface area contributed by atoms with E-state index in [-0.39, 0.29) is 18.0 Å². The largest absolute Gasteiger partial charge is 0.493 e. The van der Waals surface area contributed by atoms with Gasteiger partial charge in [0.15, 0.2) is 17.3 Å². The Balaban J connectivity index is 2.62. The van der Waals surface area contributed by atoms with Crippen molar-refractivity contribution in [2.24, 2.45) is 0 Å². The molecule has 0 aliphatic heterocycles. The number of aliphatic hydroxyl groups excluding tert-OH is 1. The van der Waals surface area contributed by atoms with Gasteiger partial charge in [0.05, 0.1) is 38.2 Å². The molecule has 1 aromatic carbocycles. The van der Waals surface area contributed by atoms with Crippen LogP contribution >= 0.6 is 0 Å². The van der Waals surface area contributed by atoms with Gasteiger partial charge in [0.2, 0.25) is 0 Å². The van der Waals surface area contributed by atoms with Crippen LogP contribution in [-0.4, -0.2) is 25.1 Å². The smallest absolute Gasteiger partial charge is 0.200 e. The maximum absolute atomic E-state index is 12.4. The molecular formula is C14H14O5. The SMILES string of the molecule is COc1ccc(CO)c(C(=O)c2ccoc2)c1OC. The van der Waals surface area contributed by atoms with Crippen molar-refractivity contribution in [1.29, 1.82) is 0 Å². The fraction of sp³-hybridized carbons (Fsp3) is 0.214. The molecule has 19 heavy (non-hydrogen) atoms. The van der Waals surface area contributed by atoms with E-state index < -0.39 is 0 Å². The van der Waals surface area contributed by atoms with Crippen molar-refractivity contribution in [1.82, 2.24) is 0 Å². The van der Waals surface area contributed by atoms with Crippen LogP contribution in [0.25, 0.3) is 0 Å². The molecule has 2 rings (SSSR count). The van der Waals surface area contributed by atoms with Crippen molar-refractivity contribution >= 4 is 5.78 Å². The van der Waals surface area contributed by atoms with Crippen LogP contribution < -0.4 is 9.47 Å². The number of carbonyl (C=O) groups excluding carboxylic acids is 1. The number of carbonyl (C=O) groups is 1. The number of ketones is 1. The highest BCUT2D eigenvalue weighted by Crippen LogP contribution is 2.35. The predicted octanol–water partition coefficient (Wildman–Crippen LogP) is 2.02. The Kier molecular flexibility index (Phi) is 3.87. The molecule has 0 fully saturated rings. The first-order valence-electron chi connectivity index (χ1n) is 5.64. The molecule has 1 heterocycles. The van der Waals surface area contributed by atoms with E-state index in [1.165, 1.54) is 26.7 Å². The Morgan fingerprint density at radius 3 is 2.58 bits per heavy atom. The lowest BCUT2D eigenvalue weighted by molar-refractivity contribution is 0.103. The molecule has 0 aliphatic carbocycles. The molecular weight excluding hydrogens is 248 g/mol. The standard InChI is InChI=1S/C14H14O5/c1-17-11-4-3-9(7-15)12(14(11)18-2)13(16)10-5-6-19-8-10/h3-6,8,15H,7H2,1-2H3. The molecule has 1 aromatic heterocycles. The van der Waals surface area contributed by atoms with Gasteiger partial charge in [0.25, 0.3) is 0 Å². The number of hydrogen-bond donors (Lipinski definition) is 1. The Hall–Kier alpha value is -2.27. The third-order valence-electron chi connectivity index (χ3n) is 2.81. The number of aliphatic hydroxyl groups is 1. The van der Waals surface area contributed by atoms with Gasteiger partial charge in [-0.05, 0) is 17.7 Å². The van der Waals surface area contributed by atoms with Gasteiger partial charge in [0.1, 0.15) is 6.26 Å². The monoisotopic (exact) mass is 262 g/mol. The van der Waals surface area contributed by atoms with Crippen LogP contribution in [0.1, 0.15) is 21.5 Å². The molecule has 0 amide bonds. The summed E-state index contributed by atoms with van der Waals surface area (Å²) in [4.78, 5) is 12.4. The van der Waals surface area contributed by atoms with Gasteiger partial charge in [-0.1, -0.05) is 6.07 Å². The predicted molar refractivity (Wildman–Crippen MR) is 67.6 cm³/mol. The molecule has 5 heteroatoms. The second-order valence-corrected chi connectivity index (χ2v) is 3.83. The Bertz CT molecular complexity index is 572. The summed E-state index contributed by atoms with van der Waals surface area (Å²) in [7, 11) is 2.94. The zero-order valence-electron chi connectivity index (χ0n) is 10.7. The molecule has 0 spiro atoms. The van der Waals surface area contributed by atoms with Gasteiger partial charge in [-0.2, -0.15) is 0 Å². The summed E-state index contributed by atoms with van der Waals surface area (Å²) in [5.74, 6) is 0.459. The number of methoxy groups -OCH3 is 2. The van der Waals surface area contributed by atoms with E-state index >= 15 is 0 Å². The van der Waals surface area contributed by atoms with Gasteiger partial charge in [-0.25, -0.2) is 0 Å². The fourth-order valence-corrected chi connectivity index (χ4v) is 1.89. The molecule has 0 bridgehead atoms. The molecule has 2 aromatic rings. The molecule has 0 saturated carbocycles. The van der Waals surface area contributed by atoms with E-state index in [9.17, 15) is 9.90 Å². The highest BCUT2D eigenvalue weighted by Gasteiger charge is 2.22. The Labute approximate surface area is 110 Å². The lowest BCUT2D eigenvalue weighted by atomic mass is 9.98. The van der Waals surface area contributed by atoms with E-state index in [1.807, 2.05) is 0 Å². The Morgan fingerprint density at radius 1 is 1.26 bits per heavy atom. The fourth-order valence-electron chi connectivity index (χ4n) is 1.89. The summed E-state index contributed by atoms with van der Waals surface area (Å²) in [6.07, 6.45) is 2.76. The zero-order valence-corrected chi connectivity index (χ0v) is 10.7. The van der Waals surface area contributed by atoms with Gasteiger partial charge in [-0.15, -0.1) is 0 Å². The number of furan rings is 1. The number of benzene rings is 1. The highest BCUT2D eigenvalue weighted by molar-refractivity contribution is 6.12. The van der Waals surface area contributed by atoms with Gasteiger partial charge >= 0.3 is 0 Å². The van der Waals surface area contributed by atoms with Gasteiger partial charge < -0.3 is 19.0 Å². The minimum Gasteiger partial charge on any atom is -0.493 e. The van der Waals surface area contributed by atoms with Crippen LogP contribution in [0, 0.1) is 0 Å². The summed E-state index contributed by atoms with van der Waals surface area (Å²) in [6, 6.07) is 4.84. The van der Waals surface area contributed by atoms with Crippen molar-refractivity contribution in [3.63, 3.8) is 0 Å². The molecule has 0 radical (unpaired) electrons. The van der Waals surface area contributed by atoms with E-state index in [2.05, 4.69) is 0 Å². The van der Waals surface area contributed by atoms with E-state index in [4.69, 9.17) is 13.9 Å². The maximum atomic E-state index is 12.4. The summed E-state index contributed by atoms with van der Waals surface area (Å²) in [5.41, 5.74) is 1.15. The first-order chi connectivity index (χ1) is 9.22. The van der Waals surface area contributed by atoms with Crippen LogP contribution in [0.15, 0.2) is 35.1 Å². The number of hydrogen-bond acceptors (Lipinski definition) is 5. The molecule has 100 valence electrons. The number of rotatable bonds is 5. The highest BCUT2D eigenvalue weighted by atomic mass is 16.5. The first-order valence-corrected chi connectivity index (χ1v) is 5.64. The summed E-state index contributed by atoms with van der Waals surface area (Å²) in [6.45, 7) is -0.265. The quantitative estimate of drug-likeness (QED) is 0.835. The average molecular weight is 262 g/mol. The summed E-state index contributed by atoms with van der Waals surface area (Å²) >= 11 is 0. The number of ether oxygens (including phenoxy) is 2.